The molecule has 5 nitrogen and oxygen atoms in total. The first-order chi connectivity index (χ1) is 13.0. The highest BCUT2D eigenvalue weighted by Crippen LogP contribution is 2.46. The van der Waals surface area contributed by atoms with Crippen molar-refractivity contribution in [2.75, 3.05) is 0 Å². The molecular formula is C20H14Cl2N4O. The lowest BCUT2D eigenvalue weighted by Gasteiger charge is -2.25. The fraction of sp³-hybridized carbons (Fsp3) is 0.100. The molecule has 2 N–H and O–H groups in total. The smallest absolute Gasteiger partial charge is 0.229 e. The molecule has 0 spiro atoms. The number of nitrogens with two attached hydrogens (primary N) is 1. The normalized spacial score (nSPS) is 15.9. The van der Waals surface area contributed by atoms with Crippen LogP contribution in [0, 0.1) is 18.3 Å². The molecule has 1 aromatic heterocycles. The summed E-state index contributed by atoms with van der Waals surface area (Å²) in [5, 5.41) is 15.4. The van der Waals surface area contributed by atoms with E-state index in [4.69, 9.17) is 33.7 Å². The number of nitrogens with zero attached hydrogens (tertiary/aromatic N) is 3. The van der Waals surface area contributed by atoms with Gasteiger partial charge in [0.15, 0.2) is 0 Å². The lowest BCUT2D eigenvalue weighted by Crippen LogP contribution is -2.22. The number of halogens is 2. The topological polar surface area (TPSA) is 76.9 Å². The molecule has 134 valence electrons. The average molecular weight is 397 g/mol. The highest BCUT2D eigenvalue weighted by atomic mass is 35.5. The lowest BCUT2D eigenvalue weighted by molar-refractivity contribution is 0.367. The first-order valence-electron chi connectivity index (χ1n) is 8.18. The summed E-state index contributed by atoms with van der Waals surface area (Å²) in [5.41, 5.74) is 9.39. The summed E-state index contributed by atoms with van der Waals surface area (Å²) in [6, 6.07) is 16.8. The Morgan fingerprint density at radius 3 is 2.67 bits per heavy atom. The van der Waals surface area contributed by atoms with Gasteiger partial charge >= 0.3 is 0 Å². The minimum atomic E-state index is -0.458. The molecule has 0 amide bonds. The van der Waals surface area contributed by atoms with Crippen LogP contribution >= 0.6 is 23.2 Å². The number of ether oxygens (including phenoxy) is 1. The van der Waals surface area contributed by atoms with Crippen molar-refractivity contribution in [3.05, 3.63) is 86.9 Å². The van der Waals surface area contributed by atoms with Crippen LogP contribution in [0.1, 0.15) is 22.7 Å². The van der Waals surface area contributed by atoms with Gasteiger partial charge in [-0.2, -0.15) is 10.4 Å². The highest BCUT2D eigenvalue weighted by molar-refractivity contribution is 6.31. The molecule has 0 radical (unpaired) electrons. The number of hydrogen-bond donors (Lipinski definition) is 1. The van der Waals surface area contributed by atoms with Crippen molar-refractivity contribution in [3.8, 4) is 17.6 Å². The molecule has 0 saturated heterocycles. The molecule has 1 atom stereocenters. The molecule has 0 saturated carbocycles. The molecular weight excluding hydrogens is 383 g/mol. The van der Waals surface area contributed by atoms with Crippen LogP contribution in [0.15, 0.2) is 60.0 Å². The maximum absolute atomic E-state index is 9.71. The van der Waals surface area contributed by atoms with Crippen molar-refractivity contribution < 1.29 is 4.74 Å². The molecule has 4 rings (SSSR count). The van der Waals surface area contributed by atoms with Gasteiger partial charge in [0, 0.05) is 10.0 Å². The van der Waals surface area contributed by atoms with E-state index in [1.54, 1.807) is 22.9 Å². The van der Waals surface area contributed by atoms with Crippen LogP contribution in [0.5, 0.6) is 5.88 Å². The van der Waals surface area contributed by atoms with Gasteiger partial charge in [-0.25, -0.2) is 4.68 Å². The van der Waals surface area contributed by atoms with E-state index in [9.17, 15) is 5.26 Å². The molecule has 0 unspecified atom stereocenters. The third kappa shape index (κ3) is 2.84. The molecule has 2 heterocycles. The van der Waals surface area contributed by atoms with E-state index in [0.29, 0.717) is 21.5 Å². The Balaban J connectivity index is 1.99. The Morgan fingerprint density at radius 2 is 1.96 bits per heavy atom. The predicted octanol–water partition coefficient (Wildman–Crippen LogP) is 4.71. The number of hydrogen-bond acceptors (Lipinski definition) is 4. The van der Waals surface area contributed by atoms with E-state index in [1.807, 2.05) is 37.3 Å². The maximum atomic E-state index is 9.71. The van der Waals surface area contributed by atoms with E-state index in [0.717, 1.165) is 22.5 Å². The van der Waals surface area contributed by atoms with Gasteiger partial charge in [0.1, 0.15) is 11.6 Å². The number of aryl methyl sites for hydroxylation is 1. The van der Waals surface area contributed by atoms with Gasteiger partial charge in [-0.15, -0.1) is 0 Å². The summed E-state index contributed by atoms with van der Waals surface area (Å²) in [4.78, 5) is 0. The zero-order chi connectivity index (χ0) is 19.1. The minimum absolute atomic E-state index is 0.0399. The number of nitriles is 1. The summed E-state index contributed by atoms with van der Waals surface area (Å²) < 4.78 is 7.46. The number of aromatic nitrogens is 2. The van der Waals surface area contributed by atoms with Crippen molar-refractivity contribution in [3.63, 3.8) is 0 Å². The van der Waals surface area contributed by atoms with Crippen LogP contribution in [0.2, 0.25) is 10.0 Å². The van der Waals surface area contributed by atoms with Crippen LogP contribution < -0.4 is 10.5 Å². The Morgan fingerprint density at radius 1 is 1.19 bits per heavy atom. The van der Waals surface area contributed by atoms with Crippen LogP contribution in [0.4, 0.5) is 0 Å². The van der Waals surface area contributed by atoms with E-state index < -0.39 is 5.92 Å². The first-order valence-corrected chi connectivity index (χ1v) is 8.94. The summed E-state index contributed by atoms with van der Waals surface area (Å²) >= 11 is 12.6. The number of allylic oxidation sites excluding steroid dienone is 1. The van der Waals surface area contributed by atoms with E-state index in [-0.39, 0.29) is 5.88 Å². The zero-order valence-electron chi connectivity index (χ0n) is 14.3. The van der Waals surface area contributed by atoms with E-state index in [2.05, 4.69) is 11.2 Å². The van der Waals surface area contributed by atoms with Gasteiger partial charge < -0.3 is 10.5 Å². The molecule has 2 aromatic carbocycles. The van der Waals surface area contributed by atoms with Crippen molar-refractivity contribution in [2.45, 2.75) is 12.8 Å². The maximum Gasteiger partial charge on any atom is 0.229 e. The van der Waals surface area contributed by atoms with Gasteiger partial charge in [-0.1, -0.05) is 47.5 Å². The number of rotatable bonds is 2. The largest absolute Gasteiger partial charge is 0.422 e. The molecule has 1 aliphatic rings. The number of fused-ring (bicyclic) bond motifs is 1. The lowest BCUT2D eigenvalue weighted by atomic mass is 9.84. The fourth-order valence-corrected chi connectivity index (χ4v) is 3.75. The van der Waals surface area contributed by atoms with E-state index in [1.165, 1.54) is 0 Å². The summed E-state index contributed by atoms with van der Waals surface area (Å²) in [6.45, 7) is 1.86. The molecule has 27 heavy (non-hydrogen) atoms. The zero-order valence-corrected chi connectivity index (χ0v) is 15.8. The van der Waals surface area contributed by atoms with Crippen LogP contribution in [0.3, 0.4) is 0 Å². The van der Waals surface area contributed by atoms with Crippen molar-refractivity contribution in [2.24, 2.45) is 5.73 Å². The Bertz CT molecular complexity index is 1130. The second kappa shape index (κ2) is 6.66. The van der Waals surface area contributed by atoms with Crippen LogP contribution in [-0.2, 0) is 0 Å². The quantitative estimate of drug-likeness (QED) is 0.680. The standard InChI is InChI=1S/C20H14Cl2N4O/c1-11-17-18(14-7-2-3-8-16(14)22)15(10-23)19(24)27-20(17)26(25-11)13-6-4-5-12(21)9-13/h2-9,18H,24H2,1H3/t18-/m0/s1. The summed E-state index contributed by atoms with van der Waals surface area (Å²) in [7, 11) is 0. The first kappa shape index (κ1) is 17.5. The summed E-state index contributed by atoms with van der Waals surface area (Å²) in [6.07, 6.45) is 0. The molecule has 0 aliphatic carbocycles. The molecule has 0 fully saturated rings. The van der Waals surface area contributed by atoms with Crippen molar-refractivity contribution in [1.29, 1.82) is 5.26 Å². The van der Waals surface area contributed by atoms with Crippen molar-refractivity contribution in [1.82, 2.24) is 9.78 Å². The molecule has 1 aliphatic heterocycles. The average Bonchev–Trinajstić information content (AvgIpc) is 2.97. The predicted molar refractivity (Wildman–Crippen MR) is 104 cm³/mol. The van der Waals surface area contributed by atoms with Crippen LogP contribution in [-0.4, -0.2) is 9.78 Å². The van der Waals surface area contributed by atoms with Gasteiger partial charge in [-0.05, 0) is 36.8 Å². The molecule has 7 heteroatoms. The van der Waals surface area contributed by atoms with E-state index >= 15 is 0 Å². The third-order valence-electron chi connectivity index (χ3n) is 4.50. The number of benzene rings is 2. The van der Waals surface area contributed by atoms with Gasteiger partial charge in [0.25, 0.3) is 0 Å². The summed E-state index contributed by atoms with van der Waals surface area (Å²) in [5.74, 6) is 0.0367. The van der Waals surface area contributed by atoms with Crippen molar-refractivity contribution >= 4 is 23.2 Å². The van der Waals surface area contributed by atoms with Gasteiger partial charge in [0.2, 0.25) is 11.8 Å². The molecule has 3 aromatic rings. The Labute approximate surface area is 166 Å². The van der Waals surface area contributed by atoms with Crippen LogP contribution in [0.25, 0.3) is 5.69 Å². The highest BCUT2D eigenvalue weighted by Gasteiger charge is 2.36. The molecule has 0 bridgehead atoms. The second-order valence-electron chi connectivity index (χ2n) is 6.14. The Hall–Kier alpha value is -2.94. The fourth-order valence-electron chi connectivity index (χ4n) is 3.32. The Kier molecular flexibility index (Phi) is 4.31. The monoisotopic (exact) mass is 396 g/mol. The minimum Gasteiger partial charge on any atom is -0.422 e. The third-order valence-corrected chi connectivity index (χ3v) is 5.08. The second-order valence-corrected chi connectivity index (χ2v) is 6.99. The van der Waals surface area contributed by atoms with Gasteiger partial charge in [0.05, 0.1) is 22.9 Å². The SMILES string of the molecule is Cc1nn(-c2cccc(Cl)c2)c2c1[C@@H](c1ccccc1Cl)C(C#N)=C(N)O2. The van der Waals surface area contributed by atoms with Gasteiger partial charge in [-0.3, -0.25) is 0 Å².